The van der Waals surface area contributed by atoms with E-state index in [0.717, 1.165) is 18.5 Å². The first-order chi connectivity index (χ1) is 8.52. The molecule has 0 unspecified atom stereocenters. The molecule has 0 atom stereocenters. The lowest BCUT2D eigenvalue weighted by molar-refractivity contribution is -0.122. The molecule has 1 saturated carbocycles. The Labute approximate surface area is 112 Å². The van der Waals surface area contributed by atoms with Crippen molar-refractivity contribution >= 4 is 17.5 Å². The number of nitrogens with one attached hydrogen (secondary N) is 1. The van der Waals surface area contributed by atoms with Gasteiger partial charge in [0.15, 0.2) is 0 Å². The molecule has 1 fully saturated rings. The largest absolute Gasteiger partial charge is 0.352 e. The standard InChI is InChI=1S/C12H17ClN4O/c1-8-5-10(13)16-11(14-8)6-17(2)7-12(18)15-9-3-4-9/h5,9H,3-4,6-7H2,1-2H3,(H,15,18). The van der Waals surface area contributed by atoms with Gasteiger partial charge in [0.2, 0.25) is 5.91 Å². The van der Waals surface area contributed by atoms with Gasteiger partial charge in [0, 0.05) is 11.7 Å². The minimum atomic E-state index is 0.0544. The lowest BCUT2D eigenvalue weighted by Crippen LogP contribution is -2.36. The van der Waals surface area contributed by atoms with Crippen molar-refractivity contribution < 1.29 is 4.79 Å². The Morgan fingerprint density at radius 1 is 1.56 bits per heavy atom. The number of carbonyl (C=O) groups is 1. The number of hydrogen-bond donors (Lipinski definition) is 1. The number of rotatable bonds is 5. The lowest BCUT2D eigenvalue weighted by atomic mass is 10.4. The zero-order valence-electron chi connectivity index (χ0n) is 10.6. The fraction of sp³-hybridized carbons (Fsp3) is 0.583. The fourth-order valence-corrected chi connectivity index (χ4v) is 1.96. The van der Waals surface area contributed by atoms with E-state index in [1.165, 1.54) is 0 Å². The molecule has 0 aromatic carbocycles. The number of nitrogens with zero attached hydrogens (tertiary/aromatic N) is 3. The molecule has 2 rings (SSSR count). The second-order valence-electron chi connectivity index (χ2n) is 4.76. The van der Waals surface area contributed by atoms with E-state index in [0.29, 0.717) is 30.1 Å². The summed E-state index contributed by atoms with van der Waals surface area (Å²) in [4.78, 5) is 21.9. The Balaban J connectivity index is 1.85. The predicted octanol–water partition coefficient (Wildman–Crippen LogP) is 1.15. The van der Waals surface area contributed by atoms with Gasteiger partial charge in [-0.1, -0.05) is 11.6 Å². The van der Waals surface area contributed by atoms with E-state index in [4.69, 9.17) is 11.6 Å². The average molecular weight is 269 g/mol. The maximum Gasteiger partial charge on any atom is 0.234 e. The quantitative estimate of drug-likeness (QED) is 0.814. The smallest absolute Gasteiger partial charge is 0.234 e. The van der Waals surface area contributed by atoms with Crippen LogP contribution in [0.5, 0.6) is 0 Å². The van der Waals surface area contributed by atoms with Gasteiger partial charge in [0.1, 0.15) is 11.0 Å². The van der Waals surface area contributed by atoms with Crippen LogP contribution in [0.1, 0.15) is 24.4 Å². The van der Waals surface area contributed by atoms with Crippen LogP contribution in [0, 0.1) is 6.92 Å². The van der Waals surface area contributed by atoms with Gasteiger partial charge < -0.3 is 5.32 Å². The van der Waals surface area contributed by atoms with Crippen LogP contribution >= 0.6 is 11.6 Å². The molecule has 1 aliphatic carbocycles. The van der Waals surface area contributed by atoms with Gasteiger partial charge >= 0.3 is 0 Å². The van der Waals surface area contributed by atoms with E-state index in [1.807, 2.05) is 18.9 Å². The molecule has 0 aliphatic heterocycles. The Morgan fingerprint density at radius 2 is 2.28 bits per heavy atom. The summed E-state index contributed by atoms with van der Waals surface area (Å²) in [7, 11) is 1.87. The third kappa shape index (κ3) is 4.23. The van der Waals surface area contributed by atoms with Crippen LogP contribution in [-0.2, 0) is 11.3 Å². The highest BCUT2D eigenvalue weighted by Crippen LogP contribution is 2.18. The zero-order chi connectivity index (χ0) is 13.1. The second kappa shape index (κ2) is 5.63. The SMILES string of the molecule is Cc1cc(Cl)nc(CN(C)CC(=O)NC2CC2)n1. The minimum absolute atomic E-state index is 0.0544. The van der Waals surface area contributed by atoms with Gasteiger partial charge in [-0.15, -0.1) is 0 Å². The molecular formula is C12H17ClN4O. The van der Waals surface area contributed by atoms with Crippen LogP contribution in [0.15, 0.2) is 6.07 Å². The summed E-state index contributed by atoms with van der Waals surface area (Å²) in [5.41, 5.74) is 0.834. The molecule has 1 N–H and O–H groups in total. The highest BCUT2D eigenvalue weighted by molar-refractivity contribution is 6.29. The van der Waals surface area contributed by atoms with Crippen molar-refractivity contribution in [3.8, 4) is 0 Å². The van der Waals surface area contributed by atoms with Crippen molar-refractivity contribution in [3.05, 3.63) is 22.7 Å². The first kappa shape index (κ1) is 13.2. The number of halogens is 1. The molecule has 18 heavy (non-hydrogen) atoms. The summed E-state index contributed by atoms with van der Waals surface area (Å²) in [6.45, 7) is 2.74. The molecule has 0 spiro atoms. The summed E-state index contributed by atoms with van der Waals surface area (Å²) in [5, 5.41) is 3.38. The molecule has 1 aromatic rings. The van der Waals surface area contributed by atoms with Crippen molar-refractivity contribution in [2.45, 2.75) is 32.4 Å². The summed E-state index contributed by atoms with van der Waals surface area (Å²) < 4.78 is 0. The van der Waals surface area contributed by atoms with E-state index < -0.39 is 0 Å². The Kier molecular flexibility index (Phi) is 4.14. The van der Waals surface area contributed by atoms with Crippen LogP contribution in [-0.4, -0.2) is 40.4 Å². The van der Waals surface area contributed by atoms with Crippen LogP contribution < -0.4 is 5.32 Å². The van der Waals surface area contributed by atoms with Crippen molar-refractivity contribution in [1.29, 1.82) is 0 Å². The van der Waals surface area contributed by atoms with Crippen LogP contribution in [0.4, 0.5) is 0 Å². The summed E-state index contributed by atoms with van der Waals surface area (Å²) in [6, 6.07) is 2.11. The number of amides is 1. The van der Waals surface area contributed by atoms with E-state index in [9.17, 15) is 4.79 Å². The predicted molar refractivity (Wildman–Crippen MR) is 69.3 cm³/mol. The normalized spacial score (nSPS) is 14.9. The number of carbonyl (C=O) groups excluding carboxylic acids is 1. The van der Waals surface area contributed by atoms with Crippen molar-refractivity contribution in [2.24, 2.45) is 0 Å². The Bertz CT molecular complexity index is 427. The molecule has 5 nitrogen and oxygen atoms in total. The molecule has 0 bridgehead atoms. The minimum Gasteiger partial charge on any atom is -0.352 e. The highest BCUT2D eigenvalue weighted by Gasteiger charge is 2.23. The van der Waals surface area contributed by atoms with Gasteiger partial charge in [-0.05, 0) is 32.9 Å². The van der Waals surface area contributed by atoms with Gasteiger partial charge in [0.25, 0.3) is 0 Å². The number of aryl methyl sites for hydroxylation is 1. The molecular weight excluding hydrogens is 252 g/mol. The molecule has 1 aromatic heterocycles. The van der Waals surface area contributed by atoms with Crippen molar-refractivity contribution in [3.63, 3.8) is 0 Å². The Morgan fingerprint density at radius 3 is 2.89 bits per heavy atom. The van der Waals surface area contributed by atoms with Gasteiger partial charge in [-0.2, -0.15) is 0 Å². The highest BCUT2D eigenvalue weighted by atomic mass is 35.5. The molecule has 1 heterocycles. The van der Waals surface area contributed by atoms with Gasteiger partial charge in [-0.3, -0.25) is 9.69 Å². The first-order valence-electron chi connectivity index (χ1n) is 6.01. The van der Waals surface area contributed by atoms with Crippen molar-refractivity contribution in [1.82, 2.24) is 20.2 Å². The number of aromatic nitrogens is 2. The van der Waals surface area contributed by atoms with Crippen LogP contribution in [0.25, 0.3) is 0 Å². The van der Waals surface area contributed by atoms with E-state index >= 15 is 0 Å². The number of likely N-dealkylation sites (N-methyl/N-ethyl adjacent to an activating group) is 1. The lowest BCUT2D eigenvalue weighted by Gasteiger charge is -2.15. The molecule has 1 amide bonds. The molecule has 0 radical (unpaired) electrons. The van der Waals surface area contributed by atoms with Gasteiger partial charge in [0.05, 0.1) is 13.1 Å². The van der Waals surface area contributed by atoms with E-state index in [-0.39, 0.29) is 5.91 Å². The maximum absolute atomic E-state index is 11.6. The molecule has 0 saturated heterocycles. The summed E-state index contributed by atoms with van der Waals surface area (Å²) in [6.07, 6.45) is 2.21. The maximum atomic E-state index is 11.6. The zero-order valence-corrected chi connectivity index (χ0v) is 11.4. The third-order valence-corrected chi connectivity index (χ3v) is 2.83. The van der Waals surface area contributed by atoms with E-state index in [2.05, 4.69) is 15.3 Å². The van der Waals surface area contributed by atoms with Gasteiger partial charge in [-0.25, -0.2) is 9.97 Å². The monoisotopic (exact) mass is 268 g/mol. The van der Waals surface area contributed by atoms with E-state index in [1.54, 1.807) is 6.07 Å². The summed E-state index contributed by atoms with van der Waals surface area (Å²) in [5.74, 6) is 0.695. The van der Waals surface area contributed by atoms with Crippen molar-refractivity contribution in [2.75, 3.05) is 13.6 Å². The molecule has 1 aliphatic rings. The fourth-order valence-electron chi connectivity index (χ4n) is 1.70. The first-order valence-corrected chi connectivity index (χ1v) is 6.38. The topological polar surface area (TPSA) is 58.1 Å². The number of hydrogen-bond acceptors (Lipinski definition) is 4. The Hall–Kier alpha value is -1.20. The summed E-state index contributed by atoms with van der Waals surface area (Å²) >= 11 is 5.87. The molecule has 98 valence electrons. The molecule has 6 heteroatoms. The second-order valence-corrected chi connectivity index (χ2v) is 5.15. The van der Waals surface area contributed by atoms with Crippen LogP contribution in [0.3, 0.4) is 0 Å². The average Bonchev–Trinajstić information content (AvgIpc) is 2.98. The van der Waals surface area contributed by atoms with Crippen LogP contribution in [0.2, 0.25) is 5.15 Å². The third-order valence-electron chi connectivity index (χ3n) is 2.64.